The van der Waals surface area contributed by atoms with Crippen molar-refractivity contribution in [2.24, 2.45) is 0 Å². The Balaban J connectivity index is 1.41. The maximum Gasteiger partial charge on any atom is 0.255 e. The maximum atomic E-state index is 13.1. The first kappa shape index (κ1) is 18.0. The van der Waals surface area contributed by atoms with Crippen LogP contribution in [0.3, 0.4) is 0 Å². The molecule has 1 saturated heterocycles. The van der Waals surface area contributed by atoms with Gasteiger partial charge in [-0.25, -0.2) is 4.98 Å². The lowest BCUT2D eigenvalue weighted by atomic mass is 10.2. The molecule has 0 unspecified atom stereocenters. The molecule has 4 rings (SSSR count). The Morgan fingerprint density at radius 1 is 1.07 bits per heavy atom. The minimum absolute atomic E-state index is 0.114. The molecule has 2 aromatic heterocycles. The van der Waals surface area contributed by atoms with Crippen LogP contribution in [0, 0.1) is 0 Å². The number of thiophene rings is 1. The van der Waals surface area contributed by atoms with Gasteiger partial charge in [0, 0.05) is 54.1 Å². The highest BCUT2D eigenvalue weighted by molar-refractivity contribution is 7.98. The zero-order valence-corrected chi connectivity index (χ0v) is 16.5. The van der Waals surface area contributed by atoms with Crippen molar-refractivity contribution in [3.8, 4) is 0 Å². The summed E-state index contributed by atoms with van der Waals surface area (Å²) in [6.07, 6.45) is 5.15. The number of hydrogen-bond acceptors (Lipinski definition) is 6. The van der Waals surface area contributed by atoms with E-state index in [1.165, 1.54) is 4.88 Å². The van der Waals surface area contributed by atoms with Crippen LogP contribution >= 0.6 is 23.1 Å². The summed E-state index contributed by atoms with van der Waals surface area (Å²) in [5.41, 5.74) is 0.798. The monoisotopic (exact) mass is 396 g/mol. The van der Waals surface area contributed by atoms with E-state index in [0.717, 1.165) is 35.1 Å². The Hall–Kier alpha value is -2.38. The van der Waals surface area contributed by atoms with Crippen molar-refractivity contribution in [3.63, 3.8) is 0 Å². The summed E-state index contributed by atoms with van der Waals surface area (Å²) in [6, 6.07) is 12.1. The number of hydrogen-bond donors (Lipinski definition) is 0. The Labute approximate surface area is 167 Å². The van der Waals surface area contributed by atoms with Crippen LogP contribution in [0.4, 0.5) is 5.82 Å². The topological polar surface area (TPSA) is 49.3 Å². The third-order valence-electron chi connectivity index (χ3n) is 4.51. The van der Waals surface area contributed by atoms with Gasteiger partial charge in [-0.15, -0.1) is 23.1 Å². The third-order valence-corrected chi connectivity index (χ3v) is 6.69. The van der Waals surface area contributed by atoms with Gasteiger partial charge >= 0.3 is 0 Å². The molecule has 0 saturated carbocycles. The van der Waals surface area contributed by atoms with E-state index in [2.05, 4.69) is 32.4 Å². The van der Waals surface area contributed by atoms with E-state index in [1.807, 2.05) is 29.2 Å². The largest absolute Gasteiger partial charge is 0.352 e. The standard InChI is InChI=1S/C20H20N4OS2/c25-20(24-11-9-23(10-12-24)19-14-21-7-8-22-19)17-5-1-2-6-18(17)27-15-16-4-3-13-26-16/h1-8,13-14H,9-12,15H2. The molecule has 1 fully saturated rings. The van der Waals surface area contributed by atoms with Gasteiger partial charge in [-0.2, -0.15) is 0 Å². The van der Waals surface area contributed by atoms with Crippen LogP contribution in [0.1, 0.15) is 15.2 Å². The predicted octanol–water partition coefficient (Wildman–Crippen LogP) is 3.79. The van der Waals surface area contributed by atoms with Crippen LogP contribution in [0.25, 0.3) is 0 Å². The number of thioether (sulfide) groups is 1. The number of piperazine rings is 1. The van der Waals surface area contributed by atoms with Crippen molar-refractivity contribution in [2.45, 2.75) is 10.6 Å². The molecule has 1 aliphatic heterocycles. The molecule has 0 radical (unpaired) electrons. The van der Waals surface area contributed by atoms with E-state index in [4.69, 9.17) is 0 Å². The van der Waals surface area contributed by atoms with Crippen LogP contribution in [-0.4, -0.2) is 47.0 Å². The zero-order valence-electron chi connectivity index (χ0n) is 14.8. The van der Waals surface area contributed by atoms with Crippen molar-refractivity contribution in [1.82, 2.24) is 14.9 Å². The SMILES string of the molecule is O=C(c1ccccc1SCc1cccs1)N1CCN(c2cnccn2)CC1. The average molecular weight is 397 g/mol. The minimum Gasteiger partial charge on any atom is -0.352 e. The van der Waals surface area contributed by atoms with Crippen molar-refractivity contribution in [2.75, 3.05) is 31.1 Å². The second-order valence-corrected chi connectivity index (χ2v) is 8.26. The van der Waals surface area contributed by atoms with Gasteiger partial charge in [-0.05, 0) is 23.6 Å². The summed E-state index contributed by atoms with van der Waals surface area (Å²) >= 11 is 3.48. The lowest BCUT2D eigenvalue weighted by molar-refractivity contribution is 0.0743. The van der Waals surface area contributed by atoms with Crippen LogP contribution in [0.5, 0.6) is 0 Å². The smallest absolute Gasteiger partial charge is 0.255 e. The summed E-state index contributed by atoms with van der Waals surface area (Å²) in [7, 11) is 0. The number of carbonyl (C=O) groups excluding carboxylic acids is 1. The van der Waals surface area contributed by atoms with Gasteiger partial charge in [0.25, 0.3) is 5.91 Å². The molecule has 0 N–H and O–H groups in total. The highest BCUT2D eigenvalue weighted by Crippen LogP contribution is 2.29. The molecular formula is C20H20N4OS2. The molecule has 0 atom stereocenters. The molecule has 0 spiro atoms. The minimum atomic E-state index is 0.114. The Morgan fingerprint density at radius 2 is 1.93 bits per heavy atom. The number of anilines is 1. The van der Waals surface area contributed by atoms with E-state index in [-0.39, 0.29) is 5.91 Å². The third kappa shape index (κ3) is 4.31. The molecule has 3 heterocycles. The van der Waals surface area contributed by atoms with Gasteiger partial charge in [0.15, 0.2) is 0 Å². The van der Waals surface area contributed by atoms with Gasteiger partial charge in [0.2, 0.25) is 0 Å². The van der Waals surface area contributed by atoms with E-state index in [1.54, 1.807) is 41.7 Å². The first-order valence-electron chi connectivity index (χ1n) is 8.86. The van der Waals surface area contributed by atoms with E-state index >= 15 is 0 Å². The van der Waals surface area contributed by atoms with Crippen LogP contribution in [0.2, 0.25) is 0 Å². The van der Waals surface area contributed by atoms with Crippen LogP contribution in [-0.2, 0) is 5.75 Å². The van der Waals surface area contributed by atoms with E-state index in [0.29, 0.717) is 13.1 Å². The molecule has 3 aromatic rings. The predicted molar refractivity (Wildman–Crippen MR) is 110 cm³/mol. The average Bonchev–Trinajstić information content (AvgIpc) is 3.26. The second-order valence-electron chi connectivity index (χ2n) is 6.21. The quantitative estimate of drug-likeness (QED) is 0.614. The van der Waals surface area contributed by atoms with Crippen LogP contribution in [0.15, 0.2) is 65.3 Å². The van der Waals surface area contributed by atoms with Crippen molar-refractivity contribution in [1.29, 1.82) is 0 Å². The number of carbonyl (C=O) groups is 1. The number of nitrogens with zero attached hydrogens (tertiary/aromatic N) is 4. The van der Waals surface area contributed by atoms with E-state index in [9.17, 15) is 4.79 Å². The number of benzene rings is 1. The van der Waals surface area contributed by atoms with Crippen molar-refractivity contribution < 1.29 is 4.79 Å². The Morgan fingerprint density at radius 3 is 2.67 bits per heavy atom. The molecule has 5 nitrogen and oxygen atoms in total. The fourth-order valence-corrected chi connectivity index (χ4v) is 4.89. The normalized spacial score (nSPS) is 14.4. The molecular weight excluding hydrogens is 376 g/mol. The summed E-state index contributed by atoms with van der Waals surface area (Å²) < 4.78 is 0. The summed E-state index contributed by atoms with van der Waals surface area (Å²) in [6.45, 7) is 2.93. The Kier molecular flexibility index (Phi) is 5.69. The summed E-state index contributed by atoms with van der Waals surface area (Å²) in [5, 5.41) is 2.09. The first-order valence-corrected chi connectivity index (χ1v) is 10.7. The second kappa shape index (κ2) is 8.54. The van der Waals surface area contributed by atoms with Crippen molar-refractivity contribution in [3.05, 3.63) is 70.8 Å². The molecule has 0 aliphatic carbocycles. The lowest BCUT2D eigenvalue weighted by Gasteiger charge is -2.35. The van der Waals surface area contributed by atoms with Crippen LogP contribution < -0.4 is 4.90 Å². The number of rotatable bonds is 5. The van der Waals surface area contributed by atoms with E-state index < -0.39 is 0 Å². The number of aromatic nitrogens is 2. The molecule has 1 aliphatic rings. The van der Waals surface area contributed by atoms with Crippen molar-refractivity contribution >= 4 is 34.8 Å². The highest BCUT2D eigenvalue weighted by Gasteiger charge is 2.24. The highest BCUT2D eigenvalue weighted by atomic mass is 32.2. The maximum absolute atomic E-state index is 13.1. The summed E-state index contributed by atoms with van der Waals surface area (Å²) in [5.74, 6) is 1.88. The fraction of sp³-hybridized carbons (Fsp3) is 0.250. The first-order chi connectivity index (χ1) is 13.3. The molecule has 138 valence electrons. The number of amides is 1. The van der Waals surface area contributed by atoms with Gasteiger partial charge in [-0.1, -0.05) is 18.2 Å². The summed E-state index contributed by atoms with van der Waals surface area (Å²) in [4.78, 5) is 28.1. The molecule has 1 aromatic carbocycles. The molecule has 7 heteroatoms. The molecule has 1 amide bonds. The lowest BCUT2D eigenvalue weighted by Crippen LogP contribution is -2.49. The van der Waals surface area contributed by atoms with Gasteiger partial charge in [0.1, 0.15) is 5.82 Å². The van der Waals surface area contributed by atoms with Gasteiger partial charge in [0.05, 0.1) is 11.8 Å². The fourth-order valence-electron chi connectivity index (χ4n) is 3.08. The van der Waals surface area contributed by atoms with Gasteiger partial charge in [-0.3, -0.25) is 9.78 Å². The van der Waals surface area contributed by atoms with Gasteiger partial charge < -0.3 is 9.80 Å². The Bertz CT molecular complexity index is 878. The molecule has 27 heavy (non-hydrogen) atoms. The molecule has 0 bridgehead atoms. The zero-order chi connectivity index (χ0) is 18.5.